The van der Waals surface area contributed by atoms with Gasteiger partial charge in [0.2, 0.25) is 0 Å². The van der Waals surface area contributed by atoms with Crippen LogP contribution in [0, 0.1) is 0 Å². The lowest BCUT2D eigenvalue weighted by Crippen LogP contribution is -2.14. The monoisotopic (exact) mass is 166 g/mol. The van der Waals surface area contributed by atoms with Crippen molar-refractivity contribution in [1.82, 2.24) is 0 Å². The number of nitrogens with two attached hydrogens (primary N) is 1. The van der Waals surface area contributed by atoms with Gasteiger partial charge in [0.25, 0.3) is 0 Å². The Kier molecular flexibility index (Phi) is 2.53. The van der Waals surface area contributed by atoms with Gasteiger partial charge in [0, 0.05) is 12.0 Å². The second kappa shape index (κ2) is 3.61. The maximum absolute atomic E-state index is 9.26. The first-order valence-corrected chi connectivity index (χ1v) is 3.47. The van der Waals surface area contributed by atoms with E-state index in [-0.39, 0.29) is 18.0 Å². The third-order valence-electron chi connectivity index (χ3n) is 1.49. The lowest BCUT2D eigenvalue weighted by Gasteiger charge is -2.01. The van der Waals surface area contributed by atoms with Crippen LogP contribution in [0.15, 0.2) is 29.4 Å². The zero-order valence-corrected chi connectivity index (χ0v) is 6.44. The molecule has 0 saturated heterocycles. The van der Waals surface area contributed by atoms with Crippen molar-refractivity contribution in [3.63, 3.8) is 0 Å². The first kappa shape index (κ1) is 8.39. The fourth-order valence-corrected chi connectivity index (χ4v) is 0.891. The number of hydrogen-bond acceptors (Lipinski definition) is 3. The van der Waals surface area contributed by atoms with Gasteiger partial charge < -0.3 is 16.0 Å². The van der Waals surface area contributed by atoms with E-state index in [4.69, 9.17) is 10.9 Å². The fraction of sp³-hybridized carbons (Fsp3) is 0.125. The van der Waals surface area contributed by atoms with Gasteiger partial charge in [-0.15, -0.1) is 0 Å². The SMILES string of the molecule is NC(Cc1ccccc1O)=NO. The second-order valence-corrected chi connectivity index (χ2v) is 2.40. The molecule has 0 radical (unpaired) electrons. The highest BCUT2D eigenvalue weighted by Crippen LogP contribution is 2.15. The van der Waals surface area contributed by atoms with E-state index >= 15 is 0 Å². The van der Waals surface area contributed by atoms with Crippen molar-refractivity contribution in [2.24, 2.45) is 10.9 Å². The van der Waals surface area contributed by atoms with Crippen molar-refractivity contribution in [2.75, 3.05) is 0 Å². The summed E-state index contributed by atoms with van der Waals surface area (Å²) in [7, 11) is 0. The van der Waals surface area contributed by atoms with Crippen LogP contribution in [0.5, 0.6) is 5.75 Å². The quantitative estimate of drug-likeness (QED) is 0.261. The van der Waals surface area contributed by atoms with E-state index < -0.39 is 0 Å². The number of hydrogen-bond donors (Lipinski definition) is 3. The van der Waals surface area contributed by atoms with Gasteiger partial charge in [0.1, 0.15) is 11.6 Å². The maximum Gasteiger partial charge on any atom is 0.143 e. The van der Waals surface area contributed by atoms with Crippen molar-refractivity contribution in [3.8, 4) is 5.75 Å². The van der Waals surface area contributed by atoms with Gasteiger partial charge in [-0.25, -0.2) is 0 Å². The van der Waals surface area contributed by atoms with Gasteiger partial charge in [-0.1, -0.05) is 23.4 Å². The molecule has 4 nitrogen and oxygen atoms in total. The summed E-state index contributed by atoms with van der Waals surface area (Å²) in [6, 6.07) is 6.76. The number of phenolic OH excluding ortho intramolecular Hbond substituents is 1. The number of amidine groups is 1. The molecule has 1 aromatic rings. The van der Waals surface area contributed by atoms with Crippen LogP contribution in [0.2, 0.25) is 0 Å². The maximum atomic E-state index is 9.26. The molecule has 4 heteroatoms. The molecule has 0 atom stereocenters. The van der Waals surface area contributed by atoms with E-state index in [9.17, 15) is 5.11 Å². The molecule has 0 unspecified atom stereocenters. The summed E-state index contributed by atoms with van der Waals surface area (Å²) in [5.41, 5.74) is 5.91. The minimum atomic E-state index is 0.0801. The van der Waals surface area contributed by atoms with Gasteiger partial charge in [0.15, 0.2) is 0 Å². The Balaban J connectivity index is 2.82. The predicted octanol–water partition coefficient (Wildman–Crippen LogP) is 0.681. The Bertz CT molecular complexity index is 297. The van der Waals surface area contributed by atoms with Crippen molar-refractivity contribution in [1.29, 1.82) is 0 Å². The third kappa shape index (κ3) is 1.88. The minimum absolute atomic E-state index is 0.0801. The molecule has 0 aliphatic heterocycles. The molecule has 0 bridgehead atoms. The van der Waals surface area contributed by atoms with Crippen LogP contribution in [-0.2, 0) is 6.42 Å². The van der Waals surface area contributed by atoms with E-state index in [2.05, 4.69) is 5.16 Å². The average Bonchev–Trinajstić information content (AvgIpc) is 2.09. The number of benzene rings is 1. The molecule has 0 saturated carbocycles. The summed E-state index contributed by atoms with van der Waals surface area (Å²) in [5, 5.41) is 20.3. The predicted molar refractivity (Wildman–Crippen MR) is 45.2 cm³/mol. The molecule has 0 amide bonds. The van der Waals surface area contributed by atoms with Crippen LogP contribution in [0.4, 0.5) is 0 Å². The lowest BCUT2D eigenvalue weighted by atomic mass is 10.1. The summed E-state index contributed by atoms with van der Waals surface area (Å²) in [6.07, 6.45) is 0.253. The second-order valence-electron chi connectivity index (χ2n) is 2.40. The van der Waals surface area contributed by atoms with Crippen LogP contribution in [0.3, 0.4) is 0 Å². The average molecular weight is 166 g/mol. The zero-order valence-electron chi connectivity index (χ0n) is 6.44. The highest BCUT2D eigenvalue weighted by Gasteiger charge is 2.01. The molecule has 1 aromatic carbocycles. The molecule has 64 valence electrons. The molecule has 0 aliphatic rings. The lowest BCUT2D eigenvalue weighted by molar-refractivity contribution is 0.317. The fourth-order valence-electron chi connectivity index (χ4n) is 0.891. The molecular formula is C8H10N2O2. The van der Waals surface area contributed by atoms with Crippen LogP contribution < -0.4 is 5.73 Å². The Labute approximate surface area is 69.9 Å². The van der Waals surface area contributed by atoms with E-state index in [1.54, 1.807) is 24.3 Å². The smallest absolute Gasteiger partial charge is 0.143 e. The highest BCUT2D eigenvalue weighted by atomic mass is 16.4. The number of aromatic hydroxyl groups is 1. The van der Waals surface area contributed by atoms with Crippen LogP contribution in [0.1, 0.15) is 5.56 Å². The number of nitrogens with zero attached hydrogens (tertiary/aromatic N) is 1. The topological polar surface area (TPSA) is 78.8 Å². The van der Waals surface area contributed by atoms with Crippen LogP contribution >= 0.6 is 0 Å². The number of phenols is 1. The molecule has 0 aliphatic carbocycles. The molecule has 0 aromatic heterocycles. The first-order chi connectivity index (χ1) is 5.74. The molecule has 1 rings (SSSR count). The zero-order chi connectivity index (χ0) is 8.97. The Morgan fingerprint density at radius 3 is 2.67 bits per heavy atom. The molecule has 12 heavy (non-hydrogen) atoms. The Morgan fingerprint density at radius 2 is 2.08 bits per heavy atom. The molecule has 0 fully saturated rings. The number of para-hydroxylation sites is 1. The molecule has 0 spiro atoms. The van der Waals surface area contributed by atoms with Gasteiger partial charge in [-0.3, -0.25) is 0 Å². The Hall–Kier alpha value is -1.71. The van der Waals surface area contributed by atoms with Crippen LogP contribution in [0.25, 0.3) is 0 Å². The molecular weight excluding hydrogens is 156 g/mol. The summed E-state index contributed by atoms with van der Waals surface area (Å²) >= 11 is 0. The van der Waals surface area contributed by atoms with Crippen molar-refractivity contribution in [3.05, 3.63) is 29.8 Å². The summed E-state index contributed by atoms with van der Waals surface area (Å²) in [5.74, 6) is 0.237. The summed E-state index contributed by atoms with van der Waals surface area (Å²) in [4.78, 5) is 0. The van der Waals surface area contributed by atoms with Crippen molar-refractivity contribution in [2.45, 2.75) is 6.42 Å². The van der Waals surface area contributed by atoms with E-state index in [0.717, 1.165) is 0 Å². The van der Waals surface area contributed by atoms with E-state index in [1.807, 2.05) is 0 Å². The summed E-state index contributed by atoms with van der Waals surface area (Å²) < 4.78 is 0. The minimum Gasteiger partial charge on any atom is -0.508 e. The number of oxime groups is 1. The highest BCUT2D eigenvalue weighted by molar-refractivity contribution is 5.82. The molecule has 0 heterocycles. The first-order valence-electron chi connectivity index (χ1n) is 3.47. The normalized spacial score (nSPS) is 11.5. The summed E-state index contributed by atoms with van der Waals surface area (Å²) in [6.45, 7) is 0. The Morgan fingerprint density at radius 1 is 1.42 bits per heavy atom. The standard InChI is InChI=1S/C8H10N2O2/c9-8(10-12)5-6-3-1-2-4-7(6)11/h1-4,11-12H,5H2,(H2,9,10). The van der Waals surface area contributed by atoms with Crippen LogP contribution in [-0.4, -0.2) is 16.1 Å². The van der Waals surface area contributed by atoms with Gasteiger partial charge >= 0.3 is 0 Å². The van der Waals surface area contributed by atoms with Gasteiger partial charge in [0.05, 0.1) is 0 Å². The molecule has 4 N–H and O–H groups in total. The van der Waals surface area contributed by atoms with Crippen molar-refractivity contribution >= 4 is 5.84 Å². The number of rotatable bonds is 2. The van der Waals surface area contributed by atoms with E-state index in [1.165, 1.54) is 0 Å². The van der Waals surface area contributed by atoms with Crippen molar-refractivity contribution < 1.29 is 10.3 Å². The largest absolute Gasteiger partial charge is 0.508 e. The van der Waals surface area contributed by atoms with Gasteiger partial charge in [-0.2, -0.15) is 0 Å². The third-order valence-corrected chi connectivity index (χ3v) is 1.49. The van der Waals surface area contributed by atoms with E-state index in [0.29, 0.717) is 5.56 Å². The van der Waals surface area contributed by atoms with Gasteiger partial charge in [-0.05, 0) is 6.07 Å².